The van der Waals surface area contributed by atoms with E-state index in [0.29, 0.717) is 18.4 Å². The number of unbranched alkanes of at least 4 members (excludes halogenated alkanes) is 2. The maximum atomic E-state index is 12.3. The summed E-state index contributed by atoms with van der Waals surface area (Å²) in [5.74, 6) is 1.21. The topological polar surface area (TPSA) is 29.5 Å². The number of rotatable bonds is 13. The van der Waals surface area contributed by atoms with Gasteiger partial charge in [0.2, 0.25) is 0 Å². The third kappa shape index (κ3) is 9.32. The number of carbonyl (C=O) groups excluding carboxylic acids is 1. The van der Waals surface area contributed by atoms with E-state index in [2.05, 4.69) is 27.7 Å². The number of carbonyl (C=O) groups is 1. The third-order valence-corrected chi connectivity index (χ3v) is 4.57. The molecule has 2 unspecified atom stereocenters. The lowest BCUT2D eigenvalue weighted by molar-refractivity contribution is 0.0907. The van der Waals surface area contributed by atoms with Crippen molar-refractivity contribution in [1.29, 1.82) is 0 Å². The molecule has 22 heavy (non-hydrogen) atoms. The first-order chi connectivity index (χ1) is 10.6. The van der Waals surface area contributed by atoms with Crippen LogP contribution in [0.1, 0.15) is 86.0 Å². The summed E-state index contributed by atoms with van der Waals surface area (Å²) in [7, 11) is 0. The van der Waals surface area contributed by atoms with Gasteiger partial charge < -0.3 is 9.64 Å². The summed E-state index contributed by atoms with van der Waals surface area (Å²) >= 11 is 0. The molecule has 0 radical (unpaired) electrons. The van der Waals surface area contributed by atoms with Crippen LogP contribution in [-0.4, -0.2) is 30.7 Å². The third-order valence-electron chi connectivity index (χ3n) is 4.57. The standard InChI is InChI=1S/C19H39NO2/c1-6-11-13-17(8-3)15-20(19(21)22-10-5)16-18(9-4)14-12-7-2/h17-18H,6-16H2,1-5H3. The van der Waals surface area contributed by atoms with Crippen molar-refractivity contribution >= 4 is 6.09 Å². The average molecular weight is 314 g/mol. The van der Waals surface area contributed by atoms with Crippen LogP contribution in [0.4, 0.5) is 4.79 Å². The van der Waals surface area contributed by atoms with Crippen LogP contribution in [0, 0.1) is 11.8 Å². The van der Waals surface area contributed by atoms with Gasteiger partial charge in [0.1, 0.15) is 0 Å². The lowest BCUT2D eigenvalue weighted by Gasteiger charge is -2.30. The number of amides is 1. The fourth-order valence-corrected chi connectivity index (χ4v) is 2.90. The van der Waals surface area contributed by atoms with Crippen LogP contribution < -0.4 is 0 Å². The predicted molar refractivity (Wildman–Crippen MR) is 95.2 cm³/mol. The Labute approximate surface area is 138 Å². The van der Waals surface area contributed by atoms with Gasteiger partial charge in [-0.05, 0) is 31.6 Å². The van der Waals surface area contributed by atoms with Gasteiger partial charge in [-0.15, -0.1) is 0 Å². The van der Waals surface area contributed by atoms with Gasteiger partial charge in [-0.3, -0.25) is 0 Å². The molecule has 132 valence electrons. The molecule has 0 aliphatic carbocycles. The van der Waals surface area contributed by atoms with Crippen molar-refractivity contribution in [2.45, 2.75) is 86.0 Å². The van der Waals surface area contributed by atoms with E-state index in [0.717, 1.165) is 25.9 Å². The molecule has 3 heteroatoms. The van der Waals surface area contributed by atoms with E-state index < -0.39 is 0 Å². The fraction of sp³-hybridized carbons (Fsp3) is 0.947. The summed E-state index contributed by atoms with van der Waals surface area (Å²) in [6.45, 7) is 13.0. The van der Waals surface area contributed by atoms with Crippen LogP contribution in [-0.2, 0) is 4.74 Å². The minimum Gasteiger partial charge on any atom is -0.450 e. The summed E-state index contributed by atoms with van der Waals surface area (Å²) in [5.41, 5.74) is 0. The zero-order valence-corrected chi connectivity index (χ0v) is 15.7. The Balaban J connectivity index is 4.67. The second-order valence-corrected chi connectivity index (χ2v) is 6.44. The zero-order valence-electron chi connectivity index (χ0n) is 15.7. The van der Waals surface area contributed by atoms with Crippen LogP contribution in [0.5, 0.6) is 0 Å². The largest absolute Gasteiger partial charge is 0.450 e. The molecule has 1 amide bonds. The highest BCUT2D eigenvalue weighted by molar-refractivity contribution is 5.67. The molecule has 0 aromatic heterocycles. The monoisotopic (exact) mass is 313 g/mol. The van der Waals surface area contributed by atoms with E-state index in [4.69, 9.17) is 4.74 Å². The van der Waals surface area contributed by atoms with Gasteiger partial charge in [0.15, 0.2) is 0 Å². The quantitative estimate of drug-likeness (QED) is 0.425. The lowest BCUT2D eigenvalue weighted by Crippen LogP contribution is -2.39. The highest BCUT2D eigenvalue weighted by Gasteiger charge is 2.22. The summed E-state index contributed by atoms with van der Waals surface area (Å²) in [6.07, 6.45) is 9.55. The minimum absolute atomic E-state index is 0.118. The molecule has 0 fully saturated rings. The molecule has 0 saturated heterocycles. The van der Waals surface area contributed by atoms with E-state index in [1.54, 1.807) is 0 Å². The van der Waals surface area contributed by atoms with Crippen LogP contribution in [0.25, 0.3) is 0 Å². The molecule has 0 bridgehead atoms. The minimum atomic E-state index is -0.118. The van der Waals surface area contributed by atoms with E-state index >= 15 is 0 Å². The van der Waals surface area contributed by atoms with E-state index in [9.17, 15) is 4.79 Å². The first-order valence-corrected chi connectivity index (χ1v) is 9.54. The summed E-state index contributed by atoms with van der Waals surface area (Å²) < 4.78 is 5.29. The van der Waals surface area contributed by atoms with Crippen molar-refractivity contribution in [2.24, 2.45) is 11.8 Å². The Morgan fingerprint density at radius 3 is 1.64 bits per heavy atom. The van der Waals surface area contributed by atoms with Gasteiger partial charge in [-0.1, -0.05) is 66.2 Å². The lowest BCUT2D eigenvalue weighted by atomic mass is 9.96. The van der Waals surface area contributed by atoms with Crippen molar-refractivity contribution in [1.82, 2.24) is 4.90 Å². The summed E-state index contributed by atoms with van der Waals surface area (Å²) in [5, 5.41) is 0. The Morgan fingerprint density at radius 2 is 1.32 bits per heavy atom. The number of nitrogens with zero attached hydrogens (tertiary/aromatic N) is 1. The van der Waals surface area contributed by atoms with Crippen molar-refractivity contribution in [3.8, 4) is 0 Å². The normalized spacial score (nSPS) is 13.7. The number of hydrogen-bond acceptors (Lipinski definition) is 2. The molecule has 3 nitrogen and oxygen atoms in total. The SMILES string of the molecule is CCCCC(CC)CN(CC(CC)CCCC)C(=O)OCC. The van der Waals surface area contributed by atoms with E-state index in [1.165, 1.54) is 38.5 Å². The maximum Gasteiger partial charge on any atom is 0.409 e. The molecule has 0 aliphatic heterocycles. The number of hydrogen-bond donors (Lipinski definition) is 0. The molecule has 0 aromatic carbocycles. The Kier molecular flexibility index (Phi) is 13.4. The molecule has 0 aromatic rings. The Hall–Kier alpha value is -0.730. The molecule has 0 rings (SSSR count). The van der Waals surface area contributed by atoms with Crippen LogP contribution in [0.2, 0.25) is 0 Å². The molecule has 0 heterocycles. The van der Waals surface area contributed by atoms with E-state index in [1.807, 2.05) is 11.8 Å². The van der Waals surface area contributed by atoms with Crippen molar-refractivity contribution in [3.63, 3.8) is 0 Å². The van der Waals surface area contributed by atoms with Crippen LogP contribution in [0.3, 0.4) is 0 Å². The molecule has 0 spiro atoms. The molecular formula is C19H39NO2. The summed E-state index contributed by atoms with van der Waals surface area (Å²) in [6, 6.07) is 0. The van der Waals surface area contributed by atoms with Gasteiger partial charge in [0.25, 0.3) is 0 Å². The van der Waals surface area contributed by atoms with Crippen molar-refractivity contribution in [3.05, 3.63) is 0 Å². The molecule has 0 aliphatic rings. The highest BCUT2D eigenvalue weighted by Crippen LogP contribution is 2.19. The predicted octanol–water partition coefficient (Wildman–Crippen LogP) is 5.88. The van der Waals surface area contributed by atoms with Crippen LogP contribution >= 0.6 is 0 Å². The highest BCUT2D eigenvalue weighted by atomic mass is 16.6. The van der Waals surface area contributed by atoms with Gasteiger partial charge in [0.05, 0.1) is 6.61 Å². The van der Waals surface area contributed by atoms with Crippen LogP contribution in [0.15, 0.2) is 0 Å². The summed E-state index contributed by atoms with van der Waals surface area (Å²) in [4.78, 5) is 14.3. The second kappa shape index (κ2) is 13.9. The van der Waals surface area contributed by atoms with Gasteiger partial charge in [-0.2, -0.15) is 0 Å². The van der Waals surface area contributed by atoms with Crippen molar-refractivity contribution in [2.75, 3.05) is 19.7 Å². The first kappa shape index (κ1) is 21.3. The van der Waals surface area contributed by atoms with Gasteiger partial charge in [-0.25, -0.2) is 4.79 Å². The molecule has 0 saturated carbocycles. The molecule has 0 N–H and O–H groups in total. The van der Waals surface area contributed by atoms with Gasteiger partial charge in [0, 0.05) is 13.1 Å². The maximum absolute atomic E-state index is 12.3. The van der Waals surface area contributed by atoms with Crippen molar-refractivity contribution < 1.29 is 9.53 Å². The number of ether oxygens (including phenoxy) is 1. The first-order valence-electron chi connectivity index (χ1n) is 9.54. The average Bonchev–Trinajstić information content (AvgIpc) is 2.53. The van der Waals surface area contributed by atoms with Gasteiger partial charge >= 0.3 is 6.09 Å². The zero-order chi connectivity index (χ0) is 16.8. The molecular weight excluding hydrogens is 274 g/mol. The fourth-order valence-electron chi connectivity index (χ4n) is 2.90. The second-order valence-electron chi connectivity index (χ2n) is 6.44. The Bertz CT molecular complexity index is 250. The van der Waals surface area contributed by atoms with E-state index in [-0.39, 0.29) is 6.09 Å². The molecule has 2 atom stereocenters. The smallest absolute Gasteiger partial charge is 0.409 e. The Morgan fingerprint density at radius 1 is 0.864 bits per heavy atom.